The average molecular weight is 405 g/mol. The first-order valence-electron chi connectivity index (χ1n) is 9.45. The molecule has 0 amide bonds. The zero-order valence-electron chi connectivity index (χ0n) is 17.7. The Labute approximate surface area is 161 Å². The van der Waals surface area contributed by atoms with E-state index in [9.17, 15) is 0 Å². The third-order valence-electron chi connectivity index (χ3n) is 4.61. The first-order chi connectivity index (χ1) is 12.5. The van der Waals surface area contributed by atoms with E-state index in [1.807, 2.05) is 20.8 Å². The fourth-order valence-electron chi connectivity index (χ4n) is 3.68. The molecule has 0 aromatic heterocycles. The lowest BCUT2D eigenvalue weighted by Crippen LogP contribution is -2.49. The molecule has 0 atom stereocenters. The van der Waals surface area contributed by atoms with Crippen molar-refractivity contribution in [2.75, 3.05) is 41.2 Å². The SMILES string of the molecule is CCCC1=C([Si](OCC)(OCC)OCC)C(C)=C([Si](OC)(OC)OC)C1. The van der Waals surface area contributed by atoms with Crippen LogP contribution in [0.1, 0.15) is 53.9 Å². The molecule has 8 heteroatoms. The van der Waals surface area contributed by atoms with Crippen molar-refractivity contribution in [1.29, 1.82) is 0 Å². The predicted molar refractivity (Wildman–Crippen MR) is 107 cm³/mol. The van der Waals surface area contributed by atoms with Crippen molar-refractivity contribution in [3.63, 3.8) is 0 Å². The zero-order valence-corrected chi connectivity index (χ0v) is 19.7. The third kappa shape index (κ3) is 4.56. The quantitative estimate of drug-likeness (QED) is 0.435. The number of rotatable bonds is 13. The highest BCUT2D eigenvalue weighted by Crippen LogP contribution is 2.44. The van der Waals surface area contributed by atoms with Crippen molar-refractivity contribution in [1.82, 2.24) is 0 Å². The molecule has 152 valence electrons. The minimum absolute atomic E-state index is 0.541. The molecule has 26 heavy (non-hydrogen) atoms. The molecule has 0 bridgehead atoms. The van der Waals surface area contributed by atoms with Crippen LogP contribution in [-0.2, 0) is 26.6 Å². The highest BCUT2D eigenvalue weighted by Gasteiger charge is 2.54. The van der Waals surface area contributed by atoms with Crippen LogP contribution in [0.25, 0.3) is 0 Å². The molecule has 0 fully saturated rings. The fourth-order valence-corrected chi connectivity index (χ4v) is 9.14. The van der Waals surface area contributed by atoms with E-state index in [1.54, 1.807) is 21.3 Å². The van der Waals surface area contributed by atoms with Gasteiger partial charge in [0.25, 0.3) is 0 Å². The zero-order chi connectivity index (χ0) is 19.8. The van der Waals surface area contributed by atoms with Gasteiger partial charge in [-0.2, -0.15) is 0 Å². The second-order valence-corrected chi connectivity index (χ2v) is 11.5. The molecule has 1 rings (SSSR count). The molecule has 1 aliphatic rings. The van der Waals surface area contributed by atoms with Crippen molar-refractivity contribution >= 4 is 17.6 Å². The summed E-state index contributed by atoms with van der Waals surface area (Å²) < 4.78 is 35.9. The standard InChI is InChI=1S/C18H36O6Si2/c1-9-13-16-14-17(25(19-6,20-7)21-8)15(5)18(16)26(22-10-2,23-11-3)24-12-4/h9-14H2,1-8H3. The number of hydrogen-bond donors (Lipinski definition) is 0. The Morgan fingerprint density at radius 1 is 0.769 bits per heavy atom. The van der Waals surface area contributed by atoms with Crippen LogP contribution in [0, 0.1) is 0 Å². The van der Waals surface area contributed by atoms with Gasteiger partial charge in [0.1, 0.15) is 0 Å². The monoisotopic (exact) mass is 404 g/mol. The van der Waals surface area contributed by atoms with Gasteiger partial charge in [-0.3, -0.25) is 0 Å². The van der Waals surface area contributed by atoms with E-state index in [4.69, 9.17) is 26.6 Å². The summed E-state index contributed by atoms with van der Waals surface area (Å²) in [6.45, 7) is 11.8. The van der Waals surface area contributed by atoms with Gasteiger partial charge in [0.05, 0.1) is 0 Å². The van der Waals surface area contributed by atoms with Gasteiger partial charge >= 0.3 is 17.6 Å². The van der Waals surface area contributed by atoms with Gasteiger partial charge in [-0.15, -0.1) is 0 Å². The Kier molecular flexibility index (Phi) is 9.91. The lowest BCUT2D eigenvalue weighted by atomic mass is 10.1. The minimum atomic E-state index is -3.01. The average Bonchev–Trinajstić information content (AvgIpc) is 2.95. The first-order valence-corrected chi connectivity index (χ1v) is 12.9. The molecular weight excluding hydrogens is 368 g/mol. The molecule has 6 nitrogen and oxygen atoms in total. The lowest BCUT2D eigenvalue weighted by Gasteiger charge is -2.32. The molecule has 0 radical (unpaired) electrons. The first kappa shape index (κ1) is 23.7. The Morgan fingerprint density at radius 3 is 1.58 bits per heavy atom. The summed E-state index contributed by atoms with van der Waals surface area (Å²) in [7, 11) is -0.977. The van der Waals surface area contributed by atoms with E-state index < -0.39 is 17.6 Å². The van der Waals surface area contributed by atoms with Crippen LogP contribution in [0.5, 0.6) is 0 Å². The molecule has 0 N–H and O–H groups in total. The van der Waals surface area contributed by atoms with Gasteiger partial charge in [0, 0.05) is 51.5 Å². The van der Waals surface area contributed by atoms with Crippen molar-refractivity contribution < 1.29 is 26.6 Å². The summed E-state index contributed by atoms with van der Waals surface area (Å²) in [4.78, 5) is 0. The summed E-state index contributed by atoms with van der Waals surface area (Å²) in [6, 6.07) is 0. The maximum absolute atomic E-state index is 6.20. The molecule has 0 saturated carbocycles. The normalized spacial score (nSPS) is 16.2. The van der Waals surface area contributed by atoms with Crippen molar-refractivity contribution in [3.8, 4) is 0 Å². The summed E-state index contributed by atoms with van der Waals surface area (Å²) in [5.41, 5.74) is 2.39. The van der Waals surface area contributed by atoms with E-state index in [2.05, 4.69) is 13.8 Å². The predicted octanol–water partition coefficient (Wildman–Crippen LogP) is 3.81. The van der Waals surface area contributed by atoms with E-state index in [-0.39, 0.29) is 0 Å². The van der Waals surface area contributed by atoms with Gasteiger partial charge in [0.2, 0.25) is 0 Å². The Bertz CT molecular complexity index is 489. The minimum Gasteiger partial charge on any atom is -0.374 e. The Balaban J connectivity index is 3.57. The summed E-state index contributed by atoms with van der Waals surface area (Å²) >= 11 is 0. The number of allylic oxidation sites excluding steroid dienone is 4. The third-order valence-corrected chi connectivity index (χ3v) is 10.9. The highest BCUT2D eigenvalue weighted by atomic mass is 28.4. The lowest BCUT2D eigenvalue weighted by molar-refractivity contribution is 0.0812. The second-order valence-electron chi connectivity index (χ2n) is 6.03. The van der Waals surface area contributed by atoms with Crippen molar-refractivity contribution in [3.05, 3.63) is 21.5 Å². The molecule has 0 spiro atoms. The second kappa shape index (κ2) is 10.9. The van der Waals surface area contributed by atoms with Crippen molar-refractivity contribution in [2.24, 2.45) is 0 Å². The van der Waals surface area contributed by atoms with Gasteiger partial charge in [0.15, 0.2) is 0 Å². The molecular formula is C18H36O6Si2. The molecule has 0 aliphatic heterocycles. The number of hydrogen-bond acceptors (Lipinski definition) is 6. The van der Waals surface area contributed by atoms with Crippen molar-refractivity contribution in [2.45, 2.75) is 53.9 Å². The molecule has 0 heterocycles. The Hall–Kier alpha value is -0.326. The van der Waals surface area contributed by atoms with E-state index >= 15 is 0 Å². The molecule has 0 unspecified atom stereocenters. The van der Waals surface area contributed by atoms with Crippen LogP contribution in [0.3, 0.4) is 0 Å². The van der Waals surface area contributed by atoms with Crippen LogP contribution < -0.4 is 0 Å². The van der Waals surface area contributed by atoms with Crippen LogP contribution >= 0.6 is 0 Å². The summed E-state index contributed by atoms with van der Waals surface area (Å²) in [5, 5.41) is 2.18. The largest absolute Gasteiger partial charge is 0.537 e. The summed E-state index contributed by atoms with van der Waals surface area (Å²) in [6.07, 6.45) is 2.76. The van der Waals surface area contributed by atoms with Gasteiger partial charge in [-0.25, -0.2) is 0 Å². The Morgan fingerprint density at radius 2 is 1.23 bits per heavy atom. The fraction of sp³-hybridized carbons (Fsp3) is 0.778. The molecule has 0 saturated heterocycles. The van der Waals surface area contributed by atoms with Crippen LogP contribution in [0.2, 0.25) is 0 Å². The molecule has 1 aliphatic carbocycles. The van der Waals surface area contributed by atoms with Gasteiger partial charge in [-0.1, -0.05) is 18.9 Å². The highest BCUT2D eigenvalue weighted by molar-refractivity contribution is 6.73. The smallest absolute Gasteiger partial charge is 0.374 e. The van der Waals surface area contributed by atoms with Gasteiger partial charge in [-0.05, 0) is 46.1 Å². The van der Waals surface area contributed by atoms with Gasteiger partial charge < -0.3 is 26.6 Å². The van der Waals surface area contributed by atoms with E-state index in [0.29, 0.717) is 19.8 Å². The van der Waals surface area contributed by atoms with Crippen LogP contribution in [0.4, 0.5) is 0 Å². The topological polar surface area (TPSA) is 55.4 Å². The summed E-state index contributed by atoms with van der Waals surface area (Å²) in [5.74, 6) is 0. The maximum atomic E-state index is 6.20. The maximum Gasteiger partial charge on any atom is 0.537 e. The molecule has 0 aromatic rings. The molecule has 0 aromatic carbocycles. The van der Waals surface area contributed by atoms with Crippen LogP contribution in [0.15, 0.2) is 21.5 Å². The van der Waals surface area contributed by atoms with E-state index in [1.165, 1.54) is 5.57 Å². The van der Waals surface area contributed by atoms with E-state index in [0.717, 1.165) is 35.2 Å². The van der Waals surface area contributed by atoms with Crippen LogP contribution in [-0.4, -0.2) is 58.8 Å².